The molecule has 0 amide bonds. The molecule has 7 heteroatoms. The van der Waals surface area contributed by atoms with E-state index in [-0.39, 0.29) is 17.5 Å². The van der Waals surface area contributed by atoms with Crippen molar-refractivity contribution in [3.05, 3.63) is 12.5 Å². The molecule has 0 aromatic carbocycles. The fourth-order valence-electron chi connectivity index (χ4n) is 1.52. The van der Waals surface area contributed by atoms with Gasteiger partial charge >= 0.3 is 0 Å². The van der Waals surface area contributed by atoms with E-state index in [0.29, 0.717) is 13.1 Å². The van der Waals surface area contributed by atoms with Crippen LogP contribution in [0.4, 0.5) is 0 Å². The summed E-state index contributed by atoms with van der Waals surface area (Å²) < 4.78 is 27.6. The standard InChI is InChI=1S/C11H18N4O2S/c1-4-14-8-11(13-9-14)18(16,17)15(5-2)7-10(3)6-12/h8-10H,4-5,7H2,1-3H3. The summed E-state index contributed by atoms with van der Waals surface area (Å²) in [6, 6.07) is 2.04. The van der Waals surface area contributed by atoms with Gasteiger partial charge in [-0.25, -0.2) is 13.4 Å². The molecule has 0 aliphatic carbocycles. The zero-order valence-corrected chi connectivity index (χ0v) is 11.7. The summed E-state index contributed by atoms with van der Waals surface area (Å²) in [5.74, 6) is -0.340. The van der Waals surface area contributed by atoms with Crippen LogP contribution in [0.5, 0.6) is 0 Å². The minimum Gasteiger partial charge on any atom is -0.336 e. The Morgan fingerprint density at radius 1 is 1.56 bits per heavy atom. The maximum atomic E-state index is 12.3. The fraction of sp³-hybridized carbons (Fsp3) is 0.636. The first-order valence-electron chi connectivity index (χ1n) is 5.87. The first-order valence-corrected chi connectivity index (χ1v) is 7.31. The Bertz CT molecular complexity index is 529. The van der Waals surface area contributed by atoms with Gasteiger partial charge in [-0.3, -0.25) is 0 Å². The van der Waals surface area contributed by atoms with E-state index in [4.69, 9.17) is 5.26 Å². The maximum Gasteiger partial charge on any atom is 0.262 e. The second-order valence-electron chi connectivity index (χ2n) is 4.03. The lowest BCUT2D eigenvalue weighted by molar-refractivity contribution is 0.398. The van der Waals surface area contributed by atoms with Crippen molar-refractivity contribution in [3.8, 4) is 6.07 Å². The van der Waals surface area contributed by atoms with Gasteiger partial charge < -0.3 is 4.57 Å². The number of nitriles is 1. The Morgan fingerprint density at radius 2 is 2.22 bits per heavy atom. The lowest BCUT2D eigenvalue weighted by Gasteiger charge is -2.19. The van der Waals surface area contributed by atoms with Crippen molar-refractivity contribution in [2.75, 3.05) is 13.1 Å². The second kappa shape index (κ2) is 5.98. The molecular weight excluding hydrogens is 252 g/mol. The van der Waals surface area contributed by atoms with Crippen molar-refractivity contribution < 1.29 is 8.42 Å². The molecule has 1 rings (SSSR count). The van der Waals surface area contributed by atoms with Gasteiger partial charge in [-0.2, -0.15) is 9.57 Å². The Labute approximate surface area is 108 Å². The van der Waals surface area contributed by atoms with Crippen LogP contribution in [0.15, 0.2) is 17.6 Å². The highest BCUT2D eigenvalue weighted by Gasteiger charge is 2.26. The van der Waals surface area contributed by atoms with Crippen molar-refractivity contribution in [2.24, 2.45) is 5.92 Å². The molecule has 0 aliphatic rings. The number of sulfonamides is 1. The van der Waals surface area contributed by atoms with Crippen molar-refractivity contribution >= 4 is 10.0 Å². The van der Waals surface area contributed by atoms with Gasteiger partial charge in [0, 0.05) is 25.8 Å². The van der Waals surface area contributed by atoms with Crippen LogP contribution in [0.2, 0.25) is 0 Å². The fourth-order valence-corrected chi connectivity index (χ4v) is 2.99. The number of aryl methyl sites for hydroxylation is 1. The lowest BCUT2D eigenvalue weighted by Crippen LogP contribution is -2.34. The Kier molecular flexibility index (Phi) is 4.87. The van der Waals surface area contributed by atoms with Crippen molar-refractivity contribution in [1.82, 2.24) is 13.9 Å². The van der Waals surface area contributed by atoms with E-state index >= 15 is 0 Å². The summed E-state index contributed by atoms with van der Waals surface area (Å²) >= 11 is 0. The summed E-state index contributed by atoms with van der Waals surface area (Å²) in [6.07, 6.45) is 3.00. The predicted octanol–water partition coefficient (Wildman–Crippen LogP) is 1.07. The number of imidazole rings is 1. The minimum atomic E-state index is -3.60. The zero-order chi connectivity index (χ0) is 13.8. The normalized spacial score (nSPS) is 13.5. The van der Waals surface area contributed by atoms with Gasteiger partial charge in [-0.05, 0) is 13.8 Å². The molecule has 1 aromatic heterocycles. The quantitative estimate of drug-likeness (QED) is 0.774. The smallest absolute Gasteiger partial charge is 0.262 e. The zero-order valence-electron chi connectivity index (χ0n) is 10.9. The van der Waals surface area contributed by atoms with Crippen LogP contribution in [0.3, 0.4) is 0 Å². The van der Waals surface area contributed by atoms with E-state index in [1.165, 1.54) is 16.8 Å². The number of aromatic nitrogens is 2. The average molecular weight is 270 g/mol. The van der Waals surface area contributed by atoms with E-state index in [1.54, 1.807) is 18.4 Å². The maximum absolute atomic E-state index is 12.3. The molecule has 6 nitrogen and oxygen atoms in total. The molecule has 1 atom stereocenters. The summed E-state index contributed by atoms with van der Waals surface area (Å²) in [4.78, 5) is 3.91. The van der Waals surface area contributed by atoms with E-state index in [1.807, 2.05) is 13.0 Å². The van der Waals surface area contributed by atoms with Gasteiger partial charge in [0.2, 0.25) is 0 Å². The van der Waals surface area contributed by atoms with Gasteiger partial charge in [0.05, 0.1) is 18.3 Å². The topological polar surface area (TPSA) is 79.0 Å². The van der Waals surface area contributed by atoms with Gasteiger partial charge in [-0.1, -0.05) is 6.92 Å². The number of rotatable bonds is 6. The lowest BCUT2D eigenvalue weighted by atomic mass is 10.2. The molecule has 0 fully saturated rings. The van der Waals surface area contributed by atoms with Crippen LogP contribution in [0.25, 0.3) is 0 Å². The monoisotopic (exact) mass is 270 g/mol. The number of nitrogens with zero attached hydrogens (tertiary/aromatic N) is 4. The third kappa shape index (κ3) is 3.09. The molecule has 1 unspecified atom stereocenters. The Morgan fingerprint density at radius 3 is 2.67 bits per heavy atom. The first-order chi connectivity index (χ1) is 8.45. The molecular formula is C11H18N4O2S. The van der Waals surface area contributed by atoms with E-state index < -0.39 is 10.0 Å². The molecule has 1 aromatic rings. The third-order valence-electron chi connectivity index (χ3n) is 2.63. The average Bonchev–Trinajstić information content (AvgIpc) is 2.84. The predicted molar refractivity (Wildman–Crippen MR) is 67.1 cm³/mol. The molecule has 0 N–H and O–H groups in total. The van der Waals surface area contributed by atoms with Crippen LogP contribution < -0.4 is 0 Å². The van der Waals surface area contributed by atoms with E-state index in [0.717, 1.165) is 0 Å². The van der Waals surface area contributed by atoms with Crippen LogP contribution in [-0.2, 0) is 16.6 Å². The molecule has 1 heterocycles. The summed E-state index contributed by atoms with van der Waals surface area (Å²) in [6.45, 7) is 6.54. The van der Waals surface area contributed by atoms with E-state index in [2.05, 4.69) is 4.98 Å². The SMILES string of the molecule is CCN(CC(C)C#N)S(=O)(=O)c1cn(CC)cn1. The van der Waals surface area contributed by atoms with Crippen molar-refractivity contribution in [2.45, 2.75) is 32.3 Å². The van der Waals surface area contributed by atoms with Gasteiger partial charge in [0.1, 0.15) is 0 Å². The molecule has 0 radical (unpaired) electrons. The van der Waals surface area contributed by atoms with Gasteiger partial charge in [0.15, 0.2) is 5.03 Å². The summed E-state index contributed by atoms with van der Waals surface area (Å²) in [7, 11) is -3.60. The second-order valence-corrected chi connectivity index (χ2v) is 5.91. The first kappa shape index (κ1) is 14.7. The molecule has 0 saturated carbocycles. The van der Waals surface area contributed by atoms with Crippen molar-refractivity contribution in [1.29, 1.82) is 5.26 Å². The summed E-state index contributed by atoms with van der Waals surface area (Å²) in [5.41, 5.74) is 0. The highest BCUT2D eigenvalue weighted by atomic mass is 32.2. The Hall–Kier alpha value is -1.39. The highest BCUT2D eigenvalue weighted by Crippen LogP contribution is 2.14. The van der Waals surface area contributed by atoms with Crippen LogP contribution >= 0.6 is 0 Å². The van der Waals surface area contributed by atoms with Crippen LogP contribution in [0.1, 0.15) is 20.8 Å². The minimum absolute atomic E-state index is 0.0383. The van der Waals surface area contributed by atoms with Gasteiger partial charge in [-0.15, -0.1) is 0 Å². The van der Waals surface area contributed by atoms with Crippen molar-refractivity contribution in [3.63, 3.8) is 0 Å². The van der Waals surface area contributed by atoms with Gasteiger partial charge in [0.25, 0.3) is 10.0 Å². The van der Waals surface area contributed by atoms with Crippen LogP contribution in [-0.4, -0.2) is 35.4 Å². The largest absolute Gasteiger partial charge is 0.336 e. The number of hydrogen-bond acceptors (Lipinski definition) is 4. The summed E-state index contributed by atoms with van der Waals surface area (Å²) in [5, 5.41) is 8.80. The molecule has 0 saturated heterocycles. The van der Waals surface area contributed by atoms with E-state index in [9.17, 15) is 8.42 Å². The molecule has 100 valence electrons. The highest BCUT2D eigenvalue weighted by molar-refractivity contribution is 7.89. The third-order valence-corrected chi connectivity index (χ3v) is 4.46. The molecule has 0 spiro atoms. The molecule has 18 heavy (non-hydrogen) atoms. The molecule has 0 bridgehead atoms. The van der Waals surface area contributed by atoms with Crippen LogP contribution in [0, 0.1) is 17.2 Å². The Balaban J connectivity index is 3.00. The molecule has 0 aliphatic heterocycles. The number of hydrogen-bond donors (Lipinski definition) is 0.